The smallest absolute Gasteiger partial charge is 0.317 e. The van der Waals surface area contributed by atoms with Crippen LogP contribution in [0.3, 0.4) is 0 Å². The zero-order valence-electron chi connectivity index (χ0n) is 9.17. The van der Waals surface area contributed by atoms with Crippen LogP contribution in [0.4, 0.5) is 10.5 Å². The fourth-order valence-electron chi connectivity index (χ4n) is 1.68. The Bertz CT molecular complexity index is 425. The van der Waals surface area contributed by atoms with Gasteiger partial charge in [-0.15, -0.1) is 0 Å². The summed E-state index contributed by atoms with van der Waals surface area (Å²) in [4.78, 5) is 13.1. The second kappa shape index (κ2) is 5.73. The maximum Gasteiger partial charge on any atom is 0.317 e. The molecule has 0 saturated carbocycles. The first-order valence-corrected chi connectivity index (χ1v) is 6.97. The molecule has 0 aliphatic carbocycles. The fraction of sp³-hybridized carbons (Fsp3) is 0.364. The molecular weight excluding hydrogens is 350 g/mol. The van der Waals surface area contributed by atoms with Gasteiger partial charge in [-0.05, 0) is 34.1 Å². The number of urea groups is 1. The number of rotatable bonds is 4. The Hall–Kier alpha value is -0.750. The first kappa shape index (κ1) is 12.7. The molecule has 0 spiro atoms. The highest BCUT2D eigenvalue weighted by Crippen LogP contribution is 2.25. The highest BCUT2D eigenvalue weighted by molar-refractivity contribution is 9.11. The van der Waals surface area contributed by atoms with E-state index in [1.807, 2.05) is 18.2 Å². The standard InChI is InChI=1S/C11H13Br2N3O/c12-8-1-2-10(9(13)7-8)14-3-5-16-6-4-15-11(16)17/h1-2,7,14H,3-6H2,(H,15,17). The molecule has 1 heterocycles. The van der Waals surface area contributed by atoms with Gasteiger partial charge in [0.2, 0.25) is 0 Å². The number of carbonyl (C=O) groups is 1. The van der Waals surface area contributed by atoms with E-state index in [0.717, 1.165) is 34.3 Å². The molecule has 17 heavy (non-hydrogen) atoms. The molecule has 0 aromatic heterocycles. The SMILES string of the molecule is O=C1NCCN1CCNc1ccc(Br)cc1Br. The van der Waals surface area contributed by atoms with Crippen LogP contribution >= 0.6 is 31.9 Å². The van der Waals surface area contributed by atoms with Crippen LogP contribution in [0.2, 0.25) is 0 Å². The average Bonchev–Trinajstić information content (AvgIpc) is 2.68. The number of carbonyl (C=O) groups excluding carboxylic acids is 1. The zero-order chi connectivity index (χ0) is 12.3. The Morgan fingerprint density at radius 3 is 2.88 bits per heavy atom. The molecule has 2 amide bonds. The number of hydrogen-bond donors (Lipinski definition) is 2. The number of benzene rings is 1. The summed E-state index contributed by atoms with van der Waals surface area (Å²) in [6.07, 6.45) is 0. The van der Waals surface area contributed by atoms with Crippen molar-refractivity contribution in [2.45, 2.75) is 0 Å². The van der Waals surface area contributed by atoms with Gasteiger partial charge in [-0.3, -0.25) is 0 Å². The molecule has 1 aliphatic rings. The van der Waals surface area contributed by atoms with E-state index < -0.39 is 0 Å². The number of hydrogen-bond acceptors (Lipinski definition) is 2. The van der Waals surface area contributed by atoms with Gasteiger partial charge in [0.15, 0.2) is 0 Å². The Morgan fingerprint density at radius 2 is 2.24 bits per heavy atom. The van der Waals surface area contributed by atoms with Crippen LogP contribution in [-0.4, -0.2) is 37.1 Å². The van der Waals surface area contributed by atoms with E-state index in [1.54, 1.807) is 4.90 Å². The molecule has 92 valence electrons. The van der Waals surface area contributed by atoms with Gasteiger partial charge in [0.25, 0.3) is 0 Å². The van der Waals surface area contributed by atoms with Crippen LogP contribution in [0.1, 0.15) is 0 Å². The number of amides is 2. The quantitative estimate of drug-likeness (QED) is 0.864. The van der Waals surface area contributed by atoms with Crippen LogP contribution in [0, 0.1) is 0 Å². The summed E-state index contributed by atoms with van der Waals surface area (Å²) in [5, 5.41) is 6.08. The van der Waals surface area contributed by atoms with Gasteiger partial charge in [0.05, 0.1) is 0 Å². The van der Waals surface area contributed by atoms with Gasteiger partial charge >= 0.3 is 6.03 Å². The van der Waals surface area contributed by atoms with Gasteiger partial charge in [-0.1, -0.05) is 15.9 Å². The Balaban J connectivity index is 1.83. The maximum atomic E-state index is 11.3. The summed E-state index contributed by atoms with van der Waals surface area (Å²) in [7, 11) is 0. The fourth-order valence-corrected chi connectivity index (χ4v) is 2.87. The third-order valence-corrected chi connectivity index (χ3v) is 3.72. The van der Waals surface area contributed by atoms with Gasteiger partial charge in [-0.2, -0.15) is 0 Å². The summed E-state index contributed by atoms with van der Waals surface area (Å²) in [5.41, 5.74) is 1.04. The molecule has 0 radical (unpaired) electrons. The predicted octanol–water partition coefficient (Wildman–Crippen LogP) is 2.65. The van der Waals surface area contributed by atoms with E-state index in [4.69, 9.17) is 0 Å². The Morgan fingerprint density at radius 1 is 1.41 bits per heavy atom. The molecule has 2 rings (SSSR count). The Kier molecular flexibility index (Phi) is 4.28. The van der Waals surface area contributed by atoms with Gasteiger partial charge in [0, 0.05) is 40.8 Å². The van der Waals surface area contributed by atoms with E-state index in [2.05, 4.69) is 42.5 Å². The highest BCUT2D eigenvalue weighted by atomic mass is 79.9. The van der Waals surface area contributed by atoms with Crippen LogP contribution in [0.25, 0.3) is 0 Å². The molecule has 0 atom stereocenters. The lowest BCUT2D eigenvalue weighted by Gasteiger charge is -2.15. The molecule has 0 bridgehead atoms. The van der Waals surface area contributed by atoms with Crippen molar-refractivity contribution in [2.24, 2.45) is 0 Å². The van der Waals surface area contributed by atoms with Crippen LogP contribution in [-0.2, 0) is 0 Å². The molecule has 1 saturated heterocycles. The van der Waals surface area contributed by atoms with E-state index in [0.29, 0.717) is 6.54 Å². The number of nitrogens with one attached hydrogen (secondary N) is 2. The lowest BCUT2D eigenvalue weighted by atomic mass is 10.3. The lowest BCUT2D eigenvalue weighted by molar-refractivity contribution is 0.219. The normalized spacial score (nSPS) is 14.9. The summed E-state index contributed by atoms with van der Waals surface area (Å²) >= 11 is 6.89. The molecule has 4 nitrogen and oxygen atoms in total. The van der Waals surface area contributed by atoms with E-state index in [1.165, 1.54) is 0 Å². The van der Waals surface area contributed by atoms with Crippen molar-refractivity contribution in [3.63, 3.8) is 0 Å². The van der Waals surface area contributed by atoms with Crippen molar-refractivity contribution >= 4 is 43.6 Å². The van der Waals surface area contributed by atoms with E-state index in [-0.39, 0.29) is 6.03 Å². The minimum Gasteiger partial charge on any atom is -0.382 e. The summed E-state index contributed by atoms with van der Waals surface area (Å²) in [6.45, 7) is 3.00. The van der Waals surface area contributed by atoms with Crippen LogP contribution in [0.15, 0.2) is 27.1 Å². The first-order valence-electron chi connectivity index (χ1n) is 5.38. The highest BCUT2D eigenvalue weighted by Gasteiger charge is 2.18. The number of anilines is 1. The Labute approximate surface area is 117 Å². The predicted molar refractivity (Wildman–Crippen MR) is 75.3 cm³/mol. The van der Waals surface area contributed by atoms with Crippen LogP contribution < -0.4 is 10.6 Å². The van der Waals surface area contributed by atoms with Crippen molar-refractivity contribution < 1.29 is 4.79 Å². The maximum absolute atomic E-state index is 11.3. The molecular formula is C11H13Br2N3O. The minimum atomic E-state index is 0.0293. The lowest BCUT2D eigenvalue weighted by Crippen LogP contribution is -2.32. The topological polar surface area (TPSA) is 44.4 Å². The molecule has 1 aromatic carbocycles. The monoisotopic (exact) mass is 361 g/mol. The minimum absolute atomic E-state index is 0.0293. The summed E-state index contributed by atoms with van der Waals surface area (Å²) < 4.78 is 2.05. The second-order valence-electron chi connectivity index (χ2n) is 3.77. The second-order valence-corrected chi connectivity index (χ2v) is 5.54. The molecule has 1 fully saturated rings. The van der Waals surface area contributed by atoms with Crippen molar-refractivity contribution in [1.29, 1.82) is 0 Å². The van der Waals surface area contributed by atoms with E-state index in [9.17, 15) is 4.79 Å². The van der Waals surface area contributed by atoms with Gasteiger partial charge in [0.1, 0.15) is 0 Å². The molecule has 1 aromatic rings. The van der Waals surface area contributed by atoms with Crippen molar-refractivity contribution in [2.75, 3.05) is 31.5 Å². The third-order valence-electron chi connectivity index (χ3n) is 2.57. The number of nitrogens with zero attached hydrogens (tertiary/aromatic N) is 1. The molecule has 0 unspecified atom stereocenters. The van der Waals surface area contributed by atoms with Crippen molar-refractivity contribution in [3.05, 3.63) is 27.1 Å². The largest absolute Gasteiger partial charge is 0.382 e. The van der Waals surface area contributed by atoms with Crippen molar-refractivity contribution in [3.8, 4) is 0 Å². The third kappa shape index (κ3) is 3.35. The van der Waals surface area contributed by atoms with Gasteiger partial charge < -0.3 is 15.5 Å². The summed E-state index contributed by atoms with van der Waals surface area (Å²) in [5.74, 6) is 0. The van der Waals surface area contributed by atoms with E-state index >= 15 is 0 Å². The molecule has 1 aliphatic heterocycles. The van der Waals surface area contributed by atoms with Crippen LogP contribution in [0.5, 0.6) is 0 Å². The first-order chi connectivity index (χ1) is 8.16. The van der Waals surface area contributed by atoms with Gasteiger partial charge in [-0.25, -0.2) is 4.79 Å². The zero-order valence-corrected chi connectivity index (χ0v) is 12.3. The number of halogens is 2. The summed E-state index contributed by atoms with van der Waals surface area (Å²) in [6, 6.07) is 6.00. The van der Waals surface area contributed by atoms with Crippen molar-refractivity contribution in [1.82, 2.24) is 10.2 Å². The molecule has 6 heteroatoms. The average molecular weight is 363 g/mol. The molecule has 2 N–H and O–H groups in total.